The van der Waals surface area contributed by atoms with E-state index in [1.807, 2.05) is 25.1 Å². The van der Waals surface area contributed by atoms with Gasteiger partial charge in [-0.05, 0) is 66.6 Å². The van der Waals surface area contributed by atoms with E-state index in [4.69, 9.17) is 9.73 Å². The van der Waals surface area contributed by atoms with Crippen molar-refractivity contribution in [3.63, 3.8) is 0 Å². The zero-order valence-corrected chi connectivity index (χ0v) is 19.3. The SMILES string of the molecule is Cc1cc(C2=C(CCN3CCCC3c3ccc(/C=C/C(=O)NO)cc3)c3ccccc3C2)on1. The van der Waals surface area contributed by atoms with Gasteiger partial charge in [-0.2, -0.15) is 0 Å². The van der Waals surface area contributed by atoms with Crippen LogP contribution in [0.2, 0.25) is 0 Å². The Kier molecular flexibility index (Phi) is 6.43. The molecule has 1 aliphatic carbocycles. The highest BCUT2D eigenvalue weighted by Gasteiger charge is 2.29. The fraction of sp³-hybridized carbons (Fsp3) is 0.286. The number of aromatic nitrogens is 1. The molecule has 1 aliphatic heterocycles. The summed E-state index contributed by atoms with van der Waals surface area (Å²) in [6, 6.07) is 19.4. The van der Waals surface area contributed by atoms with Gasteiger partial charge in [-0.25, -0.2) is 5.48 Å². The maximum atomic E-state index is 11.2. The van der Waals surface area contributed by atoms with Crippen molar-refractivity contribution in [1.82, 2.24) is 15.5 Å². The molecule has 1 amide bonds. The molecule has 1 saturated heterocycles. The van der Waals surface area contributed by atoms with E-state index < -0.39 is 5.91 Å². The first-order chi connectivity index (χ1) is 16.6. The van der Waals surface area contributed by atoms with Crippen molar-refractivity contribution in [2.45, 2.75) is 38.6 Å². The summed E-state index contributed by atoms with van der Waals surface area (Å²) in [5, 5.41) is 12.8. The highest BCUT2D eigenvalue weighted by Crippen LogP contribution is 2.41. The molecular weight excluding hydrogens is 426 g/mol. The zero-order valence-electron chi connectivity index (χ0n) is 19.3. The van der Waals surface area contributed by atoms with E-state index in [2.05, 4.69) is 46.5 Å². The average Bonchev–Trinajstić information content (AvgIpc) is 3.59. The second kappa shape index (κ2) is 9.79. The molecule has 3 aromatic rings. The largest absolute Gasteiger partial charge is 0.356 e. The minimum absolute atomic E-state index is 0.395. The Labute approximate surface area is 199 Å². The van der Waals surface area contributed by atoms with Gasteiger partial charge in [0, 0.05) is 36.7 Å². The van der Waals surface area contributed by atoms with E-state index in [1.165, 1.54) is 40.3 Å². The number of aryl methyl sites for hydroxylation is 1. The molecule has 1 unspecified atom stereocenters. The molecule has 1 atom stereocenters. The highest BCUT2D eigenvalue weighted by atomic mass is 16.5. The molecule has 0 bridgehead atoms. The number of benzene rings is 2. The molecular formula is C28H29N3O3. The van der Waals surface area contributed by atoms with Gasteiger partial charge in [-0.1, -0.05) is 53.7 Å². The molecule has 174 valence electrons. The number of hydrogen-bond donors (Lipinski definition) is 2. The summed E-state index contributed by atoms with van der Waals surface area (Å²) in [6.07, 6.45) is 7.21. The number of likely N-dealkylation sites (tertiary alicyclic amines) is 1. The predicted octanol–water partition coefficient (Wildman–Crippen LogP) is 5.20. The molecule has 5 rings (SSSR count). The predicted molar refractivity (Wildman–Crippen MR) is 132 cm³/mol. The van der Waals surface area contributed by atoms with Gasteiger partial charge in [0.2, 0.25) is 0 Å². The first-order valence-corrected chi connectivity index (χ1v) is 11.8. The van der Waals surface area contributed by atoms with Crippen molar-refractivity contribution in [3.05, 3.63) is 94.4 Å². The van der Waals surface area contributed by atoms with E-state index in [0.717, 1.165) is 49.4 Å². The zero-order chi connectivity index (χ0) is 23.5. The van der Waals surface area contributed by atoms with Gasteiger partial charge in [0.25, 0.3) is 5.91 Å². The third-order valence-corrected chi connectivity index (χ3v) is 6.87. The van der Waals surface area contributed by atoms with E-state index in [0.29, 0.717) is 6.04 Å². The van der Waals surface area contributed by atoms with Crippen molar-refractivity contribution in [2.24, 2.45) is 0 Å². The standard InChI is InChI=1S/C28H29N3O3/c1-19-17-27(34-30-19)25-18-22-5-2-3-6-23(22)24(25)14-16-31-15-4-7-26(31)21-11-8-20(9-12-21)10-13-28(32)29-33/h2-3,5-6,8-13,17,26,33H,4,7,14-16,18H2,1H3,(H,29,32)/b13-10+. The Hall–Kier alpha value is -3.48. The summed E-state index contributed by atoms with van der Waals surface area (Å²) >= 11 is 0. The molecule has 1 aromatic heterocycles. The van der Waals surface area contributed by atoms with Crippen molar-refractivity contribution in [1.29, 1.82) is 0 Å². The van der Waals surface area contributed by atoms with Crippen LogP contribution in [0.4, 0.5) is 0 Å². The van der Waals surface area contributed by atoms with Crippen LogP contribution in [0.15, 0.2) is 65.2 Å². The number of rotatable bonds is 7. The number of carbonyl (C=O) groups excluding carboxylic acids is 1. The van der Waals surface area contributed by atoms with Crippen molar-refractivity contribution in [2.75, 3.05) is 13.1 Å². The van der Waals surface area contributed by atoms with Crippen LogP contribution in [0.1, 0.15) is 59.0 Å². The minimum atomic E-state index is -0.534. The van der Waals surface area contributed by atoms with E-state index in [-0.39, 0.29) is 0 Å². The lowest BCUT2D eigenvalue weighted by Crippen LogP contribution is -2.24. The highest BCUT2D eigenvalue weighted by molar-refractivity contribution is 5.96. The van der Waals surface area contributed by atoms with Crippen LogP contribution >= 0.6 is 0 Å². The number of allylic oxidation sites excluding steroid dienone is 1. The van der Waals surface area contributed by atoms with Gasteiger partial charge in [0.1, 0.15) is 0 Å². The first kappa shape index (κ1) is 22.3. The molecule has 34 heavy (non-hydrogen) atoms. The Morgan fingerprint density at radius 2 is 2.06 bits per heavy atom. The number of hydrogen-bond acceptors (Lipinski definition) is 5. The lowest BCUT2D eigenvalue weighted by Gasteiger charge is -2.25. The van der Waals surface area contributed by atoms with Crippen LogP contribution in [-0.4, -0.2) is 34.3 Å². The molecule has 6 heteroatoms. The fourth-order valence-corrected chi connectivity index (χ4v) is 5.22. The summed E-state index contributed by atoms with van der Waals surface area (Å²) in [5.41, 5.74) is 10.1. The van der Waals surface area contributed by atoms with Crippen LogP contribution in [0, 0.1) is 6.92 Å². The van der Waals surface area contributed by atoms with Crippen LogP contribution in [0.3, 0.4) is 0 Å². The molecule has 2 aliphatic rings. The fourth-order valence-electron chi connectivity index (χ4n) is 5.22. The molecule has 0 saturated carbocycles. The van der Waals surface area contributed by atoms with E-state index in [9.17, 15) is 4.79 Å². The van der Waals surface area contributed by atoms with Crippen LogP contribution in [-0.2, 0) is 11.2 Å². The molecule has 6 nitrogen and oxygen atoms in total. The lowest BCUT2D eigenvalue weighted by atomic mass is 9.99. The molecule has 0 radical (unpaired) electrons. The molecule has 2 N–H and O–H groups in total. The summed E-state index contributed by atoms with van der Waals surface area (Å²) in [5.74, 6) is 0.355. The third kappa shape index (κ3) is 4.60. The minimum Gasteiger partial charge on any atom is -0.356 e. The normalized spacial score (nSPS) is 18.1. The maximum absolute atomic E-state index is 11.2. The van der Waals surface area contributed by atoms with Gasteiger partial charge >= 0.3 is 0 Å². The Balaban J connectivity index is 1.32. The second-order valence-corrected chi connectivity index (χ2v) is 9.04. The van der Waals surface area contributed by atoms with E-state index in [1.54, 1.807) is 11.6 Å². The summed E-state index contributed by atoms with van der Waals surface area (Å²) in [7, 11) is 0. The van der Waals surface area contributed by atoms with Crippen LogP contribution in [0.5, 0.6) is 0 Å². The van der Waals surface area contributed by atoms with Gasteiger partial charge in [-0.15, -0.1) is 0 Å². The van der Waals surface area contributed by atoms with Crippen molar-refractivity contribution >= 4 is 23.1 Å². The van der Waals surface area contributed by atoms with Gasteiger partial charge in [-0.3, -0.25) is 14.9 Å². The van der Waals surface area contributed by atoms with Crippen LogP contribution < -0.4 is 5.48 Å². The van der Waals surface area contributed by atoms with Gasteiger partial charge in [0.05, 0.1) is 5.69 Å². The Morgan fingerprint density at radius 1 is 1.24 bits per heavy atom. The third-order valence-electron chi connectivity index (χ3n) is 6.87. The topological polar surface area (TPSA) is 78.6 Å². The summed E-state index contributed by atoms with van der Waals surface area (Å²) in [4.78, 5) is 13.8. The molecule has 1 fully saturated rings. The number of fused-ring (bicyclic) bond motifs is 1. The lowest BCUT2D eigenvalue weighted by molar-refractivity contribution is -0.124. The number of amides is 1. The van der Waals surface area contributed by atoms with Crippen molar-refractivity contribution in [3.8, 4) is 0 Å². The van der Waals surface area contributed by atoms with E-state index >= 15 is 0 Å². The monoisotopic (exact) mass is 455 g/mol. The molecule has 2 heterocycles. The maximum Gasteiger partial charge on any atom is 0.267 e. The Morgan fingerprint density at radius 3 is 2.82 bits per heavy atom. The number of nitrogens with zero attached hydrogens (tertiary/aromatic N) is 2. The number of nitrogens with one attached hydrogen (secondary N) is 1. The van der Waals surface area contributed by atoms with Gasteiger partial charge in [0.15, 0.2) is 5.76 Å². The van der Waals surface area contributed by atoms with Crippen molar-refractivity contribution < 1.29 is 14.5 Å². The molecule has 2 aromatic carbocycles. The van der Waals surface area contributed by atoms with Gasteiger partial charge < -0.3 is 4.52 Å². The average molecular weight is 456 g/mol. The quantitative estimate of drug-likeness (QED) is 0.291. The smallest absolute Gasteiger partial charge is 0.267 e. The summed E-state index contributed by atoms with van der Waals surface area (Å²) in [6.45, 7) is 4.05. The number of carbonyl (C=O) groups is 1. The summed E-state index contributed by atoms with van der Waals surface area (Å²) < 4.78 is 5.66. The second-order valence-electron chi connectivity index (χ2n) is 9.04. The Bertz CT molecular complexity index is 1240. The molecule has 0 spiro atoms. The number of hydroxylamine groups is 1. The van der Waals surface area contributed by atoms with Crippen LogP contribution in [0.25, 0.3) is 17.2 Å². The first-order valence-electron chi connectivity index (χ1n) is 11.8.